The van der Waals surface area contributed by atoms with Crippen molar-refractivity contribution in [3.8, 4) is 5.75 Å². The smallest absolute Gasteiger partial charge is 0.119 e. The van der Waals surface area contributed by atoms with Crippen LogP contribution in [0.2, 0.25) is 0 Å². The van der Waals surface area contributed by atoms with Crippen molar-refractivity contribution in [1.82, 2.24) is 5.32 Å². The van der Waals surface area contributed by atoms with Gasteiger partial charge in [0.05, 0.1) is 0 Å². The molecule has 0 aromatic heterocycles. The highest BCUT2D eigenvalue weighted by Gasteiger charge is 2.06. The molecule has 0 aliphatic rings. The first kappa shape index (κ1) is 11.1. The Balaban J connectivity index is 2.83. The molecule has 0 fully saturated rings. The van der Waals surface area contributed by atoms with Crippen molar-refractivity contribution in [3.63, 3.8) is 0 Å². The Morgan fingerprint density at radius 1 is 1.36 bits per heavy atom. The van der Waals surface area contributed by atoms with Crippen LogP contribution >= 0.6 is 0 Å². The lowest BCUT2D eigenvalue weighted by molar-refractivity contribution is 0.464. The fraction of sp³-hybridized carbons (Fsp3) is 0.500. The van der Waals surface area contributed by atoms with Gasteiger partial charge in [-0.25, -0.2) is 0 Å². The Morgan fingerprint density at radius 3 is 2.64 bits per heavy atom. The molecule has 0 bridgehead atoms. The maximum absolute atomic E-state index is 9.62. The minimum atomic E-state index is 0.379. The van der Waals surface area contributed by atoms with Gasteiger partial charge in [-0.15, -0.1) is 0 Å². The molecule has 2 N–H and O–H groups in total. The van der Waals surface area contributed by atoms with Gasteiger partial charge in [-0.1, -0.05) is 26.0 Å². The molecule has 0 heterocycles. The van der Waals surface area contributed by atoms with Crippen LogP contribution in [0.15, 0.2) is 18.2 Å². The van der Waals surface area contributed by atoms with Crippen LogP contribution in [0.5, 0.6) is 5.75 Å². The topological polar surface area (TPSA) is 32.3 Å². The molecular weight excluding hydrogens is 174 g/mol. The van der Waals surface area contributed by atoms with Crippen molar-refractivity contribution in [2.24, 2.45) is 0 Å². The molecule has 0 unspecified atom stereocenters. The monoisotopic (exact) mass is 193 g/mol. The number of rotatable bonds is 4. The number of benzene rings is 1. The molecule has 0 saturated carbocycles. The van der Waals surface area contributed by atoms with E-state index in [0.29, 0.717) is 11.7 Å². The second-order valence-electron chi connectivity index (χ2n) is 3.90. The van der Waals surface area contributed by atoms with Crippen molar-refractivity contribution in [1.29, 1.82) is 0 Å². The zero-order valence-corrected chi connectivity index (χ0v) is 9.17. The third-order valence-electron chi connectivity index (χ3n) is 2.38. The third-order valence-corrected chi connectivity index (χ3v) is 2.38. The van der Waals surface area contributed by atoms with Crippen molar-refractivity contribution < 1.29 is 5.11 Å². The van der Waals surface area contributed by atoms with Crippen LogP contribution in [-0.2, 0) is 6.42 Å². The summed E-state index contributed by atoms with van der Waals surface area (Å²) in [6, 6.07) is 5.87. The first-order valence-electron chi connectivity index (χ1n) is 5.11. The first-order valence-corrected chi connectivity index (χ1v) is 5.11. The molecule has 1 rings (SSSR count). The van der Waals surface area contributed by atoms with Gasteiger partial charge in [0.1, 0.15) is 5.75 Å². The average molecular weight is 193 g/mol. The summed E-state index contributed by atoms with van der Waals surface area (Å²) in [4.78, 5) is 0. The van der Waals surface area contributed by atoms with E-state index >= 15 is 0 Å². The highest BCUT2D eigenvalue weighted by molar-refractivity contribution is 5.38. The zero-order valence-electron chi connectivity index (χ0n) is 9.17. The molecule has 0 aliphatic carbocycles. The molecule has 0 spiro atoms. The van der Waals surface area contributed by atoms with Crippen LogP contribution in [0.4, 0.5) is 0 Å². The summed E-state index contributed by atoms with van der Waals surface area (Å²) >= 11 is 0. The SMILES string of the molecule is CNCCc1ccc(O)c(C(C)C)c1. The van der Waals surface area contributed by atoms with E-state index in [1.807, 2.05) is 13.1 Å². The molecule has 1 aromatic rings. The van der Waals surface area contributed by atoms with Crippen molar-refractivity contribution in [3.05, 3.63) is 29.3 Å². The van der Waals surface area contributed by atoms with Crippen LogP contribution < -0.4 is 5.32 Å². The van der Waals surface area contributed by atoms with Crippen LogP contribution in [-0.4, -0.2) is 18.7 Å². The summed E-state index contributed by atoms with van der Waals surface area (Å²) in [7, 11) is 1.95. The van der Waals surface area contributed by atoms with Gasteiger partial charge in [-0.3, -0.25) is 0 Å². The summed E-state index contributed by atoms with van der Waals surface area (Å²) in [5.41, 5.74) is 2.32. The van der Waals surface area contributed by atoms with Crippen LogP contribution in [0, 0.1) is 0 Å². The number of nitrogens with one attached hydrogen (secondary N) is 1. The van der Waals surface area contributed by atoms with Crippen LogP contribution in [0.25, 0.3) is 0 Å². The van der Waals surface area contributed by atoms with Crippen molar-refractivity contribution >= 4 is 0 Å². The Hall–Kier alpha value is -1.02. The largest absolute Gasteiger partial charge is 0.508 e. The van der Waals surface area contributed by atoms with E-state index < -0.39 is 0 Å². The fourth-order valence-electron chi connectivity index (χ4n) is 1.49. The van der Waals surface area contributed by atoms with Gasteiger partial charge in [0.2, 0.25) is 0 Å². The molecule has 0 atom stereocenters. The van der Waals surface area contributed by atoms with E-state index in [-0.39, 0.29) is 0 Å². The normalized spacial score (nSPS) is 10.9. The lowest BCUT2D eigenvalue weighted by Gasteiger charge is -2.10. The molecule has 2 nitrogen and oxygen atoms in total. The standard InChI is InChI=1S/C12H19NO/c1-9(2)11-8-10(6-7-13-3)4-5-12(11)14/h4-5,8-9,13-14H,6-7H2,1-3H3. The van der Waals surface area contributed by atoms with Gasteiger partial charge in [0.15, 0.2) is 0 Å². The molecule has 0 aliphatic heterocycles. The Bertz CT molecular complexity index is 294. The Morgan fingerprint density at radius 2 is 2.07 bits per heavy atom. The average Bonchev–Trinajstić information content (AvgIpc) is 2.16. The van der Waals surface area contributed by atoms with E-state index in [4.69, 9.17) is 0 Å². The second-order valence-corrected chi connectivity index (χ2v) is 3.90. The van der Waals surface area contributed by atoms with Crippen molar-refractivity contribution in [2.45, 2.75) is 26.2 Å². The molecule has 0 saturated heterocycles. The van der Waals surface area contributed by atoms with E-state index in [9.17, 15) is 5.11 Å². The number of hydrogen-bond donors (Lipinski definition) is 2. The highest BCUT2D eigenvalue weighted by Crippen LogP contribution is 2.26. The van der Waals surface area contributed by atoms with Gasteiger partial charge in [0.25, 0.3) is 0 Å². The van der Waals surface area contributed by atoms with Gasteiger partial charge < -0.3 is 10.4 Å². The minimum absolute atomic E-state index is 0.379. The molecule has 14 heavy (non-hydrogen) atoms. The molecule has 0 amide bonds. The predicted molar refractivity (Wildman–Crippen MR) is 59.8 cm³/mol. The molecule has 0 radical (unpaired) electrons. The van der Waals surface area contributed by atoms with E-state index in [1.54, 1.807) is 6.07 Å². The number of aromatic hydroxyl groups is 1. The van der Waals surface area contributed by atoms with Crippen LogP contribution in [0.3, 0.4) is 0 Å². The molecule has 2 heteroatoms. The lowest BCUT2D eigenvalue weighted by Crippen LogP contribution is -2.10. The maximum Gasteiger partial charge on any atom is 0.119 e. The summed E-state index contributed by atoms with van der Waals surface area (Å²) in [5, 5.41) is 12.7. The van der Waals surface area contributed by atoms with E-state index in [0.717, 1.165) is 18.5 Å². The number of hydrogen-bond acceptors (Lipinski definition) is 2. The van der Waals surface area contributed by atoms with E-state index in [2.05, 4.69) is 25.2 Å². The number of likely N-dealkylation sites (N-methyl/N-ethyl adjacent to an activating group) is 1. The summed E-state index contributed by atoms with van der Waals surface area (Å²) in [6.45, 7) is 5.16. The van der Waals surface area contributed by atoms with Crippen molar-refractivity contribution in [2.75, 3.05) is 13.6 Å². The molecule has 78 valence electrons. The van der Waals surface area contributed by atoms with E-state index in [1.165, 1.54) is 5.56 Å². The zero-order chi connectivity index (χ0) is 10.6. The lowest BCUT2D eigenvalue weighted by atomic mass is 9.98. The number of phenolic OH excluding ortho intramolecular Hbond substituents is 1. The quantitative estimate of drug-likeness (QED) is 0.769. The van der Waals surface area contributed by atoms with Gasteiger partial charge in [0, 0.05) is 0 Å². The van der Waals surface area contributed by atoms with Crippen LogP contribution in [0.1, 0.15) is 30.9 Å². The fourth-order valence-corrected chi connectivity index (χ4v) is 1.49. The first-order chi connectivity index (χ1) is 6.65. The summed E-state index contributed by atoms with van der Waals surface area (Å²) < 4.78 is 0. The van der Waals surface area contributed by atoms with Gasteiger partial charge in [-0.05, 0) is 43.1 Å². The Kier molecular flexibility index (Phi) is 3.96. The van der Waals surface area contributed by atoms with Gasteiger partial charge >= 0.3 is 0 Å². The summed E-state index contributed by atoms with van der Waals surface area (Å²) in [5.74, 6) is 0.790. The maximum atomic E-state index is 9.62. The predicted octanol–water partition coefficient (Wildman–Crippen LogP) is 2.28. The summed E-state index contributed by atoms with van der Waals surface area (Å²) in [6.07, 6.45) is 1.01. The third kappa shape index (κ3) is 2.74. The molecule has 1 aromatic carbocycles. The number of phenols is 1. The Labute approximate surface area is 86.0 Å². The second kappa shape index (κ2) is 5.01. The highest BCUT2D eigenvalue weighted by atomic mass is 16.3. The molecular formula is C12H19NO. The minimum Gasteiger partial charge on any atom is -0.508 e. The van der Waals surface area contributed by atoms with Gasteiger partial charge in [-0.2, -0.15) is 0 Å².